The van der Waals surface area contributed by atoms with E-state index in [-0.39, 0.29) is 5.02 Å². The van der Waals surface area contributed by atoms with Crippen LogP contribution in [0.1, 0.15) is 32.1 Å². The van der Waals surface area contributed by atoms with Crippen LogP contribution in [0.25, 0.3) is 22.4 Å². The Morgan fingerprint density at radius 2 is 2.07 bits per heavy atom. The molecule has 1 aromatic carbocycles. The van der Waals surface area contributed by atoms with Crippen molar-refractivity contribution in [2.45, 2.75) is 32.1 Å². The molecule has 0 aliphatic carbocycles. The maximum Gasteiger partial charge on any atom is 0.213 e. The largest absolute Gasteiger partial charge is 0.478 e. The van der Waals surface area contributed by atoms with Gasteiger partial charge in [-0.1, -0.05) is 18.0 Å². The summed E-state index contributed by atoms with van der Waals surface area (Å²) in [5, 5.41) is 0.0543. The minimum absolute atomic E-state index is 0.0543. The SMILES string of the molecule is CN1CCC(CCCCOc2cc(-c3nc4cc(Cl)c(F)cc4[nH]3)c(Br)cn2)CC1. The summed E-state index contributed by atoms with van der Waals surface area (Å²) in [5.74, 6) is 1.53. The number of piperidine rings is 1. The second-order valence-electron chi connectivity index (χ2n) is 7.96. The number of aromatic amines is 1. The lowest BCUT2D eigenvalue weighted by molar-refractivity contribution is 0.205. The molecule has 3 aromatic rings. The molecule has 1 fully saturated rings. The Labute approximate surface area is 189 Å². The van der Waals surface area contributed by atoms with Crippen molar-refractivity contribution in [3.05, 3.63) is 39.7 Å². The number of likely N-dealkylation sites (tertiary alicyclic amines) is 1. The summed E-state index contributed by atoms with van der Waals surface area (Å²) < 4.78 is 20.4. The summed E-state index contributed by atoms with van der Waals surface area (Å²) in [5.41, 5.74) is 2.00. The van der Waals surface area contributed by atoms with Gasteiger partial charge in [-0.15, -0.1) is 0 Å². The highest BCUT2D eigenvalue weighted by Crippen LogP contribution is 2.31. The predicted molar refractivity (Wildman–Crippen MR) is 122 cm³/mol. The third-order valence-electron chi connectivity index (χ3n) is 5.70. The van der Waals surface area contributed by atoms with E-state index in [2.05, 4.69) is 42.8 Å². The maximum absolute atomic E-state index is 13.7. The fraction of sp³-hybridized carbons (Fsp3) is 0.455. The molecule has 3 heterocycles. The first-order valence-corrected chi connectivity index (χ1v) is 11.5. The number of pyridine rings is 1. The van der Waals surface area contributed by atoms with E-state index in [0.717, 1.165) is 22.4 Å². The normalized spacial score (nSPS) is 15.7. The average molecular weight is 496 g/mol. The second kappa shape index (κ2) is 9.62. The molecule has 5 nitrogen and oxygen atoms in total. The Morgan fingerprint density at radius 1 is 1.27 bits per heavy atom. The van der Waals surface area contributed by atoms with Gasteiger partial charge < -0.3 is 14.6 Å². The van der Waals surface area contributed by atoms with Crippen LogP contribution in [0.5, 0.6) is 5.88 Å². The van der Waals surface area contributed by atoms with Gasteiger partial charge in [-0.3, -0.25) is 0 Å². The van der Waals surface area contributed by atoms with Gasteiger partial charge in [-0.2, -0.15) is 0 Å². The van der Waals surface area contributed by atoms with Crippen LogP contribution >= 0.6 is 27.5 Å². The molecule has 1 N–H and O–H groups in total. The molecule has 0 unspecified atom stereocenters. The number of hydrogen-bond acceptors (Lipinski definition) is 4. The van der Waals surface area contributed by atoms with Crippen LogP contribution in [0.2, 0.25) is 5.02 Å². The molecular formula is C22H25BrClFN4O. The van der Waals surface area contributed by atoms with E-state index < -0.39 is 5.82 Å². The Hall–Kier alpha value is -1.70. The van der Waals surface area contributed by atoms with E-state index in [1.165, 1.54) is 50.9 Å². The number of H-pyrrole nitrogens is 1. The van der Waals surface area contributed by atoms with Gasteiger partial charge in [0, 0.05) is 28.4 Å². The molecule has 1 aliphatic heterocycles. The molecule has 30 heavy (non-hydrogen) atoms. The van der Waals surface area contributed by atoms with E-state index in [1.54, 1.807) is 6.20 Å². The number of imidazole rings is 1. The van der Waals surface area contributed by atoms with Crippen LogP contribution in [0.4, 0.5) is 4.39 Å². The van der Waals surface area contributed by atoms with Gasteiger partial charge in [-0.25, -0.2) is 14.4 Å². The van der Waals surface area contributed by atoms with Crippen LogP contribution in [-0.4, -0.2) is 46.6 Å². The first-order chi connectivity index (χ1) is 14.5. The number of ether oxygens (including phenoxy) is 1. The van der Waals surface area contributed by atoms with Crippen LogP contribution in [0, 0.1) is 11.7 Å². The monoisotopic (exact) mass is 494 g/mol. The van der Waals surface area contributed by atoms with Crippen molar-refractivity contribution in [1.82, 2.24) is 19.9 Å². The molecule has 0 atom stereocenters. The number of halogens is 3. The minimum Gasteiger partial charge on any atom is -0.478 e. The minimum atomic E-state index is -0.475. The third-order valence-corrected chi connectivity index (χ3v) is 6.63. The fourth-order valence-corrected chi connectivity index (χ4v) is 4.44. The number of nitrogens with one attached hydrogen (secondary N) is 1. The van der Waals surface area contributed by atoms with Crippen molar-refractivity contribution < 1.29 is 9.13 Å². The highest BCUT2D eigenvalue weighted by atomic mass is 79.9. The molecule has 0 radical (unpaired) electrons. The van der Waals surface area contributed by atoms with Crippen LogP contribution in [0.3, 0.4) is 0 Å². The summed E-state index contributed by atoms with van der Waals surface area (Å²) in [4.78, 5) is 14.4. The Bertz CT molecular complexity index is 981. The van der Waals surface area contributed by atoms with Gasteiger partial charge >= 0.3 is 0 Å². The van der Waals surface area contributed by atoms with Gasteiger partial charge in [0.2, 0.25) is 5.88 Å². The molecule has 4 rings (SSSR count). The summed E-state index contributed by atoms with van der Waals surface area (Å²) in [6.45, 7) is 3.07. The van der Waals surface area contributed by atoms with E-state index in [0.29, 0.717) is 29.3 Å². The second-order valence-corrected chi connectivity index (χ2v) is 9.22. The first kappa shape index (κ1) is 21.5. The number of rotatable bonds is 7. The Balaban J connectivity index is 1.35. The smallest absolute Gasteiger partial charge is 0.213 e. The number of benzene rings is 1. The van der Waals surface area contributed by atoms with Crippen molar-refractivity contribution in [1.29, 1.82) is 0 Å². The highest BCUT2D eigenvalue weighted by Gasteiger charge is 2.16. The predicted octanol–water partition coefficient (Wildman–Crippen LogP) is 6.07. The van der Waals surface area contributed by atoms with E-state index in [9.17, 15) is 4.39 Å². The Morgan fingerprint density at radius 3 is 2.87 bits per heavy atom. The molecule has 1 aliphatic rings. The van der Waals surface area contributed by atoms with Gasteiger partial charge in [0.25, 0.3) is 0 Å². The zero-order valence-corrected chi connectivity index (χ0v) is 19.3. The molecule has 0 amide bonds. The molecule has 0 spiro atoms. The third kappa shape index (κ3) is 5.13. The lowest BCUT2D eigenvalue weighted by atomic mass is 9.92. The molecular weight excluding hydrogens is 471 g/mol. The number of unbranched alkanes of at least 4 members (excludes halogenated alkanes) is 1. The van der Waals surface area contributed by atoms with Crippen molar-refractivity contribution in [2.24, 2.45) is 5.92 Å². The topological polar surface area (TPSA) is 54.0 Å². The molecule has 0 bridgehead atoms. The lowest BCUT2D eigenvalue weighted by Gasteiger charge is -2.28. The van der Waals surface area contributed by atoms with Crippen molar-refractivity contribution in [3.8, 4) is 17.3 Å². The van der Waals surface area contributed by atoms with Gasteiger partial charge in [-0.05, 0) is 73.7 Å². The van der Waals surface area contributed by atoms with Crippen molar-refractivity contribution in [2.75, 3.05) is 26.7 Å². The number of fused-ring (bicyclic) bond motifs is 1. The maximum atomic E-state index is 13.7. The molecule has 0 saturated carbocycles. The quantitative estimate of drug-likeness (QED) is 0.404. The van der Waals surface area contributed by atoms with Gasteiger partial charge in [0.15, 0.2) is 0 Å². The standard InChI is InChI=1S/C22H25BrClFN4O/c1-29-7-5-14(6-8-29)4-2-3-9-30-21-10-15(16(23)13-26-21)22-27-19-11-17(24)18(25)12-20(19)28-22/h10-14H,2-9H2,1H3,(H,27,28). The van der Waals surface area contributed by atoms with Crippen LogP contribution in [-0.2, 0) is 0 Å². The van der Waals surface area contributed by atoms with Gasteiger partial charge in [0.05, 0.1) is 22.7 Å². The number of hydrogen-bond donors (Lipinski definition) is 1. The lowest BCUT2D eigenvalue weighted by Crippen LogP contribution is -2.30. The highest BCUT2D eigenvalue weighted by molar-refractivity contribution is 9.10. The zero-order valence-electron chi connectivity index (χ0n) is 16.9. The van der Waals surface area contributed by atoms with E-state index in [1.807, 2.05) is 6.07 Å². The van der Waals surface area contributed by atoms with Crippen LogP contribution in [0.15, 0.2) is 28.9 Å². The molecule has 160 valence electrons. The molecule has 2 aromatic heterocycles. The number of aromatic nitrogens is 3. The van der Waals surface area contributed by atoms with Crippen LogP contribution < -0.4 is 4.74 Å². The Kier molecular flexibility index (Phi) is 6.91. The van der Waals surface area contributed by atoms with Gasteiger partial charge in [0.1, 0.15) is 11.6 Å². The summed E-state index contributed by atoms with van der Waals surface area (Å²) >= 11 is 9.38. The number of nitrogens with zero attached hydrogens (tertiary/aromatic N) is 3. The summed E-state index contributed by atoms with van der Waals surface area (Å²) in [6.07, 6.45) is 7.77. The summed E-state index contributed by atoms with van der Waals surface area (Å²) in [6, 6.07) is 4.71. The zero-order chi connectivity index (χ0) is 21.1. The first-order valence-electron chi connectivity index (χ1n) is 10.3. The average Bonchev–Trinajstić information content (AvgIpc) is 3.13. The molecule has 8 heteroatoms. The molecule has 1 saturated heterocycles. The fourth-order valence-electron chi connectivity index (χ4n) is 3.87. The van der Waals surface area contributed by atoms with Crippen molar-refractivity contribution >= 4 is 38.6 Å². The summed E-state index contributed by atoms with van der Waals surface area (Å²) in [7, 11) is 2.20. The van der Waals surface area contributed by atoms with E-state index in [4.69, 9.17) is 16.3 Å². The van der Waals surface area contributed by atoms with E-state index >= 15 is 0 Å². The van der Waals surface area contributed by atoms with Crippen molar-refractivity contribution in [3.63, 3.8) is 0 Å².